The van der Waals surface area contributed by atoms with E-state index in [9.17, 15) is 4.79 Å². The van der Waals surface area contributed by atoms with E-state index >= 15 is 0 Å². The van der Waals surface area contributed by atoms with Crippen molar-refractivity contribution in [2.45, 2.75) is 58.3 Å². The molecule has 2 N–H and O–H groups in total. The fourth-order valence-electron chi connectivity index (χ4n) is 1.15. The molecule has 0 aromatic carbocycles. The molecule has 0 aromatic rings. The second-order valence-electron chi connectivity index (χ2n) is 3.46. The van der Waals surface area contributed by atoms with Gasteiger partial charge in [0.1, 0.15) is 0 Å². The molecule has 0 amide bonds. The van der Waals surface area contributed by atoms with Crippen molar-refractivity contribution in [3.63, 3.8) is 0 Å². The molecule has 7 heteroatoms. The van der Waals surface area contributed by atoms with Crippen LogP contribution in [0.3, 0.4) is 0 Å². The largest absolute Gasteiger partial charge is 1.00 e. The Morgan fingerprint density at radius 3 is 1.65 bits per heavy atom. The van der Waals surface area contributed by atoms with Crippen molar-refractivity contribution >= 4 is 16.7 Å². The third-order valence-electron chi connectivity index (χ3n) is 1.88. The molecular formula is C10H21NaO5S. The summed E-state index contributed by atoms with van der Waals surface area (Å²) < 4.78 is 31.6. The molecular weight excluding hydrogens is 255 g/mol. The molecule has 0 radical (unpaired) electrons. The van der Waals surface area contributed by atoms with Gasteiger partial charge in [-0.25, -0.2) is 0 Å². The van der Waals surface area contributed by atoms with Crippen LogP contribution in [0.4, 0.5) is 0 Å². The quantitative estimate of drug-likeness (QED) is 0.272. The molecule has 0 bridgehead atoms. The van der Waals surface area contributed by atoms with E-state index in [1.165, 1.54) is 38.5 Å². The Balaban J connectivity index is -0.000000280. The smallest absolute Gasteiger partial charge is 0.542 e. The zero-order chi connectivity index (χ0) is 12.9. The van der Waals surface area contributed by atoms with Gasteiger partial charge in [0.25, 0.3) is 0 Å². The first-order chi connectivity index (χ1) is 7.41. The molecule has 0 aliphatic carbocycles. The fourth-order valence-corrected chi connectivity index (χ4v) is 1.15. The van der Waals surface area contributed by atoms with Gasteiger partial charge in [0.15, 0.2) is 0 Å². The van der Waals surface area contributed by atoms with Gasteiger partial charge < -0.3 is 4.79 Å². The van der Waals surface area contributed by atoms with Gasteiger partial charge in [0, 0.05) is 0 Å². The van der Waals surface area contributed by atoms with Crippen molar-refractivity contribution in [1.82, 2.24) is 0 Å². The zero-order valence-corrected chi connectivity index (χ0v) is 13.5. The predicted molar refractivity (Wildman–Crippen MR) is 62.5 cm³/mol. The summed E-state index contributed by atoms with van der Waals surface area (Å²) in [6.45, 7) is 2.22. The summed E-state index contributed by atoms with van der Waals surface area (Å²) in [6, 6.07) is 0. The van der Waals surface area contributed by atoms with Gasteiger partial charge in [-0.2, -0.15) is 14.8 Å². The summed E-state index contributed by atoms with van der Waals surface area (Å²) in [5.41, 5.74) is 0. The number of unbranched alkanes of at least 4 members (excludes halogenated alkanes) is 7. The van der Waals surface area contributed by atoms with Crippen LogP contribution in [0, 0.1) is 0 Å². The van der Waals surface area contributed by atoms with E-state index in [2.05, 4.69) is 6.92 Å². The van der Waals surface area contributed by atoms with Crippen molar-refractivity contribution in [3.8, 4) is 0 Å². The van der Waals surface area contributed by atoms with Gasteiger partial charge in [-0.15, -0.1) is 0 Å². The van der Waals surface area contributed by atoms with Crippen LogP contribution in [0.2, 0.25) is 0 Å². The van der Waals surface area contributed by atoms with Crippen LogP contribution < -0.4 is 29.6 Å². The summed E-state index contributed by atoms with van der Waals surface area (Å²) >= 11 is 0. The maximum atomic E-state index is 9.82. The average Bonchev–Trinajstić information content (AvgIpc) is 2.14. The third kappa shape index (κ3) is 47.9. The summed E-state index contributed by atoms with van der Waals surface area (Å²) in [7, 11) is -4.67. The monoisotopic (exact) mass is 276 g/mol. The van der Waals surface area contributed by atoms with E-state index in [1.807, 2.05) is 6.29 Å². The molecule has 0 heterocycles. The minimum absolute atomic E-state index is 0. The van der Waals surface area contributed by atoms with Crippen LogP contribution >= 0.6 is 0 Å². The van der Waals surface area contributed by atoms with Gasteiger partial charge in [0.05, 0.1) is 0 Å². The number of rotatable bonds is 8. The molecule has 0 spiro atoms. The van der Waals surface area contributed by atoms with Gasteiger partial charge >= 0.3 is 40.0 Å². The number of carbonyl (C=O) groups excluding carboxylic acids is 1. The Hall–Kier alpha value is 0.540. The van der Waals surface area contributed by atoms with E-state index in [1.54, 1.807) is 0 Å². The molecule has 0 fully saturated rings. The van der Waals surface area contributed by atoms with Crippen LogP contribution in [0.5, 0.6) is 0 Å². The zero-order valence-electron chi connectivity index (χ0n) is 10.7. The number of hydrogen-bond acceptors (Lipinski definition) is 3. The first-order valence-electron chi connectivity index (χ1n) is 5.46. The maximum Gasteiger partial charge on any atom is 1.00 e. The Bertz CT molecular complexity index is 233. The van der Waals surface area contributed by atoms with Crippen LogP contribution in [-0.2, 0) is 15.2 Å². The van der Waals surface area contributed by atoms with Crippen molar-refractivity contribution < 1.29 is 51.9 Å². The molecule has 98 valence electrons. The molecule has 0 saturated carbocycles. The summed E-state index contributed by atoms with van der Waals surface area (Å²) in [5, 5.41) is 0. The van der Waals surface area contributed by atoms with Crippen LogP contribution in [0.25, 0.3) is 0 Å². The third-order valence-corrected chi connectivity index (χ3v) is 1.88. The van der Waals surface area contributed by atoms with E-state index in [0.717, 1.165) is 6.42 Å². The molecule has 0 atom stereocenters. The summed E-state index contributed by atoms with van der Waals surface area (Å²) in [6.07, 6.45) is 11.5. The van der Waals surface area contributed by atoms with Crippen LogP contribution in [0.1, 0.15) is 58.3 Å². The molecule has 0 rings (SSSR count). The molecule has 0 aliphatic heterocycles. The van der Waals surface area contributed by atoms with Crippen molar-refractivity contribution in [2.75, 3.05) is 0 Å². The van der Waals surface area contributed by atoms with Crippen molar-refractivity contribution in [3.05, 3.63) is 0 Å². The van der Waals surface area contributed by atoms with Gasteiger partial charge in [-0.3, -0.25) is 15.4 Å². The van der Waals surface area contributed by atoms with Gasteiger partial charge in [-0.1, -0.05) is 51.9 Å². The standard InChI is InChI=1S/C10H19O.Na.H2O4S/c1-2-3-4-5-6-7-8-9-10-11;;1-5(2,3)4/h2-9H2,1H3;;(H2,1,2,3,4)/q-1;+1;. The Kier molecular flexibility index (Phi) is 22.1. The predicted octanol–water partition coefficient (Wildman–Crippen LogP) is -0.412. The maximum absolute atomic E-state index is 9.82. The summed E-state index contributed by atoms with van der Waals surface area (Å²) in [4.78, 5) is 9.82. The average molecular weight is 276 g/mol. The second-order valence-corrected chi connectivity index (χ2v) is 4.36. The summed E-state index contributed by atoms with van der Waals surface area (Å²) in [5.74, 6) is 0. The topological polar surface area (TPSA) is 91.7 Å². The van der Waals surface area contributed by atoms with E-state index in [0.29, 0.717) is 6.42 Å². The molecule has 5 nitrogen and oxygen atoms in total. The first-order valence-corrected chi connectivity index (χ1v) is 6.86. The van der Waals surface area contributed by atoms with Crippen molar-refractivity contribution in [2.24, 2.45) is 0 Å². The molecule has 17 heavy (non-hydrogen) atoms. The minimum Gasteiger partial charge on any atom is -0.542 e. The van der Waals surface area contributed by atoms with Gasteiger partial charge in [-0.05, 0) is 0 Å². The van der Waals surface area contributed by atoms with E-state index < -0.39 is 10.4 Å². The second kappa shape index (κ2) is 16.5. The molecule has 0 saturated heterocycles. The van der Waals surface area contributed by atoms with Crippen LogP contribution in [0.15, 0.2) is 0 Å². The molecule has 0 aliphatic rings. The fraction of sp³-hybridized carbons (Fsp3) is 0.900. The number of hydrogen-bond donors (Lipinski definition) is 2. The first kappa shape index (κ1) is 22.7. The SMILES string of the molecule is CCCCCCCCC[C-]=O.O=S(=O)(O)O.[Na+]. The molecule has 0 aromatic heterocycles. The van der Waals surface area contributed by atoms with Crippen molar-refractivity contribution in [1.29, 1.82) is 0 Å². The Morgan fingerprint density at radius 1 is 0.941 bits per heavy atom. The normalized spacial score (nSPS) is 9.82. The minimum atomic E-state index is -4.67. The van der Waals surface area contributed by atoms with Gasteiger partial charge in [0.2, 0.25) is 0 Å². The molecule has 0 unspecified atom stereocenters. The Morgan fingerprint density at radius 2 is 1.29 bits per heavy atom. The Labute approximate surface area is 126 Å². The van der Waals surface area contributed by atoms with E-state index in [-0.39, 0.29) is 29.6 Å². The van der Waals surface area contributed by atoms with Crippen LogP contribution in [-0.4, -0.2) is 23.8 Å². The van der Waals surface area contributed by atoms with E-state index in [4.69, 9.17) is 17.5 Å².